The molecule has 0 heterocycles. The number of nitrogens with zero attached hydrogens (tertiary/aromatic N) is 3. The maximum absolute atomic E-state index is 6.21. The summed E-state index contributed by atoms with van der Waals surface area (Å²) < 4.78 is 8.19. The van der Waals surface area contributed by atoms with Gasteiger partial charge in [-0.15, -0.1) is 0 Å². The molecule has 0 fully saturated rings. The molecule has 6 nitrogen and oxygen atoms in total. The highest BCUT2D eigenvalue weighted by molar-refractivity contribution is 9.11. The Balaban J connectivity index is 0.000000474. The molecule has 4 aromatic carbocycles. The van der Waals surface area contributed by atoms with Crippen molar-refractivity contribution in [2.45, 2.75) is 135 Å². The normalized spacial score (nSPS) is 11.1. The van der Waals surface area contributed by atoms with E-state index in [0.29, 0.717) is 19.0 Å². The predicted octanol–water partition coefficient (Wildman–Crippen LogP) is 13.9. The third-order valence-corrected chi connectivity index (χ3v) is 8.73. The molecule has 0 saturated heterocycles. The fourth-order valence-corrected chi connectivity index (χ4v) is 6.77. The van der Waals surface area contributed by atoms with Gasteiger partial charge < -0.3 is 16.4 Å². The van der Waals surface area contributed by atoms with Crippen LogP contribution in [0.15, 0.2) is 84.6 Å². The Bertz CT molecular complexity index is 1860. The topological polar surface area (TPSA) is 87.2 Å². The van der Waals surface area contributed by atoms with Gasteiger partial charge in [-0.25, -0.2) is 4.99 Å². The van der Waals surface area contributed by atoms with E-state index in [4.69, 9.17) is 12.1 Å². The van der Waals surface area contributed by atoms with Crippen molar-refractivity contribution in [2.75, 3.05) is 5.32 Å². The number of benzene rings is 4. The number of rotatable bonds is 7. The number of hydrogen-bond acceptors (Lipinski definition) is 4. The van der Waals surface area contributed by atoms with E-state index in [-0.39, 0.29) is 12.1 Å². The molecule has 0 atom stereocenters. The van der Waals surface area contributed by atoms with E-state index < -0.39 is 0 Å². The van der Waals surface area contributed by atoms with E-state index in [9.17, 15) is 0 Å². The van der Waals surface area contributed by atoms with E-state index in [2.05, 4.69) is 176 Å². The van der Waals surface area contributed by atoms with Crippen LogP contribution in [0, 0.1) is 41.5 Å². The van der Waals surface area contributed by atoms with Crippen molar-refractivity contribution in [1.82, 2.24) is 5.32 Å². The van der Waals surface area contributed by atoms with Crippen LogP contribution in [0.3, 0.4) is 0 Å². The molecule has 0 aliphatic heterocycles. The molecule has 8 heteroatoms. The van der Waals surface area contributed by atoms with Crippen molar-refractivity contribution in [2.24, 2.45) is 20.7 Å². The van der Waals surface area contributed by atoms with Crippen molar-refractivity contribution >= 4 is 55.2 Å². The summed E-state index contributed by atoms with van der Waals surface area (Å²) in [4.78, 5) is 13.4. The third kappa shape index (κ3) is 16.0. The van der Waals surface area contributed by atoms with Gasteiger partial charge in [-0.05, 0) is 167 Å². The van der Waals surface area contributed by atoms with Crippen molar-refractivity contribution in [3.63, 3.8) is 0 Å². The molecule has 0 radical (unpaired) electrons. The van der Waals surface area contributed by atoms with Gasteiger partial charge in [0.25, 0.3) is 0 Å². The van der Waals surface area contributed by atoms with Crippen LogP contribution >= 0.6 is 31.9 Å². The summed E-state index contributed by atoms with van der Waals surface area (Å²) in [6, 6.07) is 25.2. The number of aliphatic imine (C=N–C) groups is 3. The lowest BCUT2D eigenvalue weighted by Crippen LogP contribution is -2.36. The van der Waals surface area contributed by atoms with Crippen LogP contribution < -0.4 is 16.4 Å². The Morgan fingerprint density at radius 1 is 0.704 bits per heavy atom. The smallest absolute Gasteiger partial charge is 0.196 e. The number of aryl methyl sites for hydroxylation is 6. The maximum Gasteiger partial charge on any atom is 0.196 e. The Hall–Kier alpha value is -3.55. The molecule has 4 aromatic rings. The molecule has 0 amide bonds. The second-order valence-electron chi connectivity index (χ2n) is 14.5. The van der Waals surface area contributed by atoms with E-state index in [1.165, 1.54) is 50.1 Å². The third-order valence-electron chi connectivity index (χ3n) is 7.43. The van der Waals surface area contributed by atoms with E-state index in [1.54, 1.807) is 6.92 Å². The van der Waals surface area contributed by atoms with Crippen molar-refractivity contribution < 1.29 is 1.37 Å². The first-order valence-corrected chi connectivity index (χ1v) is 20.4. The summed E-state index contributed by atoms with van der Waals surface area (Å²) in [5.74, 6) is 0.797. The molecule has 0 aliphatic carbocycles. The Labute approximate surface area is 346 Å². The summed E-state index contributed by atoms with van der Waals surface area (Å²) in [5, 5.41) is 6.96. The lowest BCUT2D eigenvalue weighted by molar-refractivity contribution is 0.717. The first-order chi connectivity index (χ1) is 25.7. The molecule has 0 bridgehead atoms. The summed E-state index contributed by atoms with van der Waals surface area (Å²) >= 11 is 7.32. The summed E-state index contributed by atoms with van der Waals surface area (Å²) in [6.07, 6.45) is 0. The predicted molar refractivity (Wildman–Crippen MR) is 247 cm³/mol. The number of hydrogen-bond donors (Lipinski definition) is 3. The molecular formula is C46H66Br2N6. The molecule has 0 aromatic heterocycles. The molecule has 294 valence electrons. The van der Waals surface area contributed by atoms with Gasteiger partial charge in [-0.1, -0.05) is 87.3 Å². The van der Waals surface area contributed by atoms with Crippen LogP contribution in [0.5, 0.6) is 0 Å². The minimum absolute atomic E-state index is 0.192. The fraction of sp³-hybridized carbons (Fsp3) is 0.435. The second kappa shape index (κ2) is 24.1. The SMILES string of the molecule is CC(C)N.Cc1cc(C)c(-c2cccc(Br)c2N=C=NC(C)C)c(C)c1.Cc1cc(C)c(-c2cccc(Br)c2NC(=NC(C)C)NC(C)C)c(C)c1.[2H]CC. The Morgan fingerprint density at radius 2 is 1.13 bits per heavy atom. The van der Waals surface area contributed by atoms with Gasteiger partial charge in [-0.2, -0.15) is 4.99 Å². The lowest BCUT2D eigenvalue weighted by Gasteiger charge is -2.21. The zero-order valence-corrected chi connectivity index (χ0v) is 38.6. The van der Waals surface area contributed by atoms with Crippen LogP contribution in [0.25, 0.3) is 22.3 Å². The van der Waals surface area contributed by atoms with E-state index in [0.717, 1.165) is 31.8 Å². The summed E-state index contributed by atoms with van der Waals surface area (Å²) in [5.41, 5.74) is 19.5. The van der Waals surface area contributed by atoms with Gasteiger partial charge >= 0.3 is 0 Å². The maximum atomic E-state index is 6.21. The second-order valence-corrected chi connectivity index (χ2v) is 16.2. The van der Waals surface area contributed by atoms with Crippen LogP contribution in [-0.2, 0) is 0 Å². The first kappa shape index (κ1) is 46.6. The van der Waals surface area contributed by atoms with Gasteiger partial charge in [0.05, 0.1) is 23.4 Å². The molecule has 0 unspecified atom stereocenters. The van der Waals surface area contributed by atoms with Crippen molar-refractivity contribution in [1.29, 1.82) is 0 Å². The molecular weight excluding hydrogens is 796 g/mol. The van der Waals surface area contributed by atoms with Crippen LogP contribution in [-0.4, -0.2) is 36.1 Å². The van der Waals surface area contributed by atoms with Gasteiger partial charge in [0, 0.05) is 33.5 Å². The number of nitrogens with two attached hydrogens (primary N) is 1. The van der Waals surface area contributed by atoms with Gasteiger partial charge in [0.15, 0.2) is 5.96 Å². The first-order valence-electron chi connectivity index (χ1n) is 19.5. The van der Waals surface area contributed by atoms with Gasteiger partial charge in [0.2, 0.25) is 0 Å². The summed E-state index contributed by atoms with van der Waals surface area (Å²) in [7, 11) is 0. The Kier molecular flexibility index (Phi) is 20.8. The minimum atomic E-state index is 0.192. The number of anilines is 1. The standard InChI is InChI=1S/C22H30BrN3.C19H21BrN2.C3H9N.C2H6/c1-13(2)24-22(25-14(3)4)26-21-18(9-8-10-19(21)23)20-16(6)11-15(5)12-17(20)7;1-12(2)21-11-22-19-16(7-6-8-17(19)20)18-14(4)9-13(3)10-15(18)5;1-3(2)4;1-2/h8-14H,1-7H3,(H2,24,25,26);6-10,12H,1-5H3;3H,4H2,1-2H3;1-2H3/i;;;1D. The molecule has 4 N–H and O–H groups in total. The molecule has 4 rings (SSSR count). The van der Waals surface area contributed by atoms with Crippen LogP contribution in [0.2, 0.25) is 0 Å². The van der Waals surface area contributed by atoms with Crippen LogP contribution in [0.1, 0.15) is 104 Å². The number of para-hydroxylation sites is 2. The highest BCUT2D eigenvalue weighted by atomic mass is 79.9. The van der Waals surface area contributed by atoms with E-state index in [1.807, 2.05) is 39.8 Å². The van der Waals surface area contributed by atoms with Crippen molar-refractivity contribution in [3.8, 4) is 22.3 Å². The fourth-order valence-electron chi connectivity index (χ4n) is 5.85. The Morgan fingerprint density at radius 3 is 1.56 bits per heavy atom. The van der Waals surface area contributed by atoms with Crippen LogP contribution in [0.4, 0.5) is 11.4 Å². The largest absolute Gasteiger partial charge is 0.354 e. The van der Waals surface area contributed by atoms with E-state index >= 15 is 0 Å². The van der Waals surface area contributed by atoms with Gasteiger partial charge in [-0.3, -0.25) is 4.99 Å². The number of halogens is 2. The van der Waals surface area contributed by atoms with Crippen molar-refractivity contribution in [3.05, 3.63) is 103 Å². The molecule has 0 aliphatic rings. The minimum Gasteiger partial charge on any atom is -0.354 e. The zero-order valence-electron chi connectivity index (χ0n) is 36.5. The number of guanidine groups is 1. The monoisotopic (exact) mass is 861 g/mol. The molecule has 0 saturated carbocycles. The highest BCUT2D eigenvalue weighted by Crippen LogP contribution is 2.40. The highest BCUT2D eigenvalue weighted by Gasteiger charge is 2.16. The lowest BCUT2D eigenvalue weighted by atomic mass is 9.93. The zero-order chi connectivity index (χ0) is 42.0. The molecule has 0 spiro atoms. The number of nitrogens with one attached hydrogen (secondary N) is 2. The average Bonchev–Trinajstić information content (AvgIpc) is 3.02. The summed E-state index contributed by atoms with van der Waals surface area (Å²) in [6.45, 7) is 31.5. The average molecular weight is 864 g/mol. The van der Waals surface area contributed by atoms with Gasteiger partial charge in [0.1, 0.15) is 0 Å². The molecule has 54 heavy (non-hydrogen) atoms. The quantitative estimate of drug-likeness (QED) is 0.128.